The average Bonchev–Trinajstić information content (AvgIpc) is 3.06. The molecule has 0 heterocycles. The first-order valence-electron chi connectivity index (χ1n) is 10.9. The van der Waals surface area contributed by atoms with Crippen LogP contribution in [-0.2, 0) is 14.3 Å². The van der Waals surface area contributed by atoms with Gasteiger partial charge in [-0.1, -0.05) is 33.8 Å². The van der Waals surface area contributed by atoms with Crippen LogP contribution in [0.15, 0.2) is 12.7 Å². The molecule has 3 rings (SSSR count). The van der Waals surface area contributed by atoms with Crippen LogP contribution in [-0.4, -0.2) is 42.4 Å². The Labute approximate surface area is 178 Å². The topological polar surface area (TPSA) is 102 Å². The molecule has 8 atom stereocenters. The van der Waals surface area contributed by atoms with Crippen LogP contribution >= 0.6 is 0 Å². The standard InChI is InChI=1S/C23H35NO6/c1-7-21(4)12-16(30-20(28)24-19(27)29-6)22(5)13(2)8-10-23(14(3)18(21)26)11-9-15(25)17(22)23/h7,13-14,16-18,26H,1,8-12H2,2-6H3,(H,24,27,28)/t13?,14-,16+,17-,18-,21+,22+,23-/m0/s1. The first-order valence-corrected chi connectivity index (χ1v) is 10.9. The molecular weight excluding hydrogens is 386 g/mol. The van der Waals surface area contributed by atoms with E-state index < -0.39 is 35.2 Å². The van der Waals surface area contributed by atoms with E-state index in [1.807, 2.05) is 13.8 Å². The molecule has 168 valence electrons. The first-order chi connectivity index (χ1) is 14.0. The maximum atomic E-state index is 13.2. The van der Waals surface area contributed by atoms with Crippen LogP contribution in [0.2, 0.25) is 0 Å². The largest absolute Gasteiger partial charge is 0.453 e. The summed E-state index contributed by atoms with van der Waals surface area (Å²) in [5, 5.41) is 13.5. The number of nitrogens with one attached hydrogen (secondary N) is 1. The molecule has 0 aromatic rings. The van der Waals surface area contributed by atoms with E-state index in [2.05, 4.69) is 30.5 Å². The van der Waals surface area contributed by atoms with E-state index in [4.69, 9.17) is 4.74 Å². The molecule has 7 nitrogen and oxygen atoms in total. The van der Waals surface area contributed by atoms with Crippen molar-refractivity contribution < 1.29 is 29.0 Å². The molecule has 0 aromatic heterocycles. The second-order valence-corrected chi connectivity index (χ2v) is 10.1. The molecular formula is C23H35NO6. The highest BCUT2D eigenvalue weighted by Gasteiger charge is 2.68. The van der Waals surface area contributed by atoms with Gasteiger partial charge < -0.3 is 14.6 Å². The summed E-state index contributed by atoms with van der Waals surface area (Å²) >= 11 is 0. The molecule has 0 aliphatic heterocycles. The Kier molecular flexibility index (Phi) is 5.82. The van der Waals surface area contributed by atoms with Crippen LogP contribution in [0.1, 0.15) is 59.8 Å². The number of ketones is 1. The van der Waals surface area contributed by atoms with E-state index in [1.54, 1.807) is 6.08 Å². The molecule has 0 radical (unpaired) electrons. The Balaban J connectivity index is 2.12. The van der Waals surface area contributed by atoms with Crippen molar-refractivity contribution in [3.63, 3.8) is 0 Å². The van der Waals surface area contributed by atoms with Gasteiger partial charge in [0.2, 0.25) is 0 Å². The van der Waals surface area contributed by atoms with E-state index in [1.165, 1.54) is 7.11 Å². The summed E-state index contributed by atoms with van der Waals surface area (Å²) in [6.07, 6.45) is 1.83. The number of carbonyl (C=O) groups excluding carboxylic acids is 3. The minimum atomic E-state index is -0.906. The number of carbonyl (C=O) groups is 3. The maximum Gasteiger partial charge on any atom is 0.416 e. The van der Waals surface area contributed by atoms with E-state index in [-0.39, 0.29) is 29.0 Å². The molecule has 3 aliphatic carbocycles. The normalized spacial score (nSPS) is 45.5. The van der Waals surface area contributed by atoms with Gasteiger partial charge >= 0.3 is 12.2 Å². The van der Waals surface area contributed by atoms with Gasteiger partial charge in [-0.25, -0.2) is 14.9 Å². The highest BCUT2D eigenvalue weighted by atomic mass is 16.6. The third-order valence-corrected chi connectivity index (χ3v) is 8.94. The Hall–Kier alpha value is -1.89. The zero-order valence-electron chi connectivity index (χ0n) is 18.7. The summed E-state index contributed by atoms with van der Waals surface area (Å²) < 4.78 is 10.3. The van der Waals surface area contributed by atoms with Crippen LogP contribution in [0.4, 0.5) is 9.59 Å². The number of aliphatic hydroxyl groups is 1. The van der Waals surface area contributed by atoms with Crippen molar-refractivity contribution in [3.05, 3.63) is 12.7 Å². The van der Waals surface area contributed by atoms with Gasteiger partial charge in [0.1, 0.15) is 11.9 Å². The van der Waals surface area contributed by atoms with Gasteiger partial charge in [0.05, 0.1) is 13.2 Å². The van der Waals surface area contributed by atoms with Crippen LogP contribution in [0.3, 0.4) is 0 Å². The van der Waals surface area contributed by atoms with E-state index >= 15 is 0 Å². The number of rotatable bonds is 2. The lowest BCUT2D eigenvalue weighted by Crippen LogP contribution is -2.63. The third kappa shape index (κ3) is 3.17. The molecule has 2 N–H and O–H groups in total. The third-order valence-electron chi connectivity index (χ3n) is 8.94. The first kappa shape index (κ1) is 22.8. The number of ether oxygens (including phenoxy) is 2. The van der Waals surface area contributed by atoms with E-state index in [0.717, 1.165) is 19.3 Å². The second-order valence-electron chi connectivity index (χ2n) is 10.1. The Morgan fingerprint density at radius 1 is 1.23 bits per heavy atom. The molecule has 0 aromatic carbocycles. The fourth-order valence-electron chi connectivity index (χ4n) is 6.79. The van der Waals surface area contributed by atoms with Gasteiger partial charge in [0.15, 0.2) is 0 Å². The fourth-order valence-corrected chi connectivity index (χ4v) is 6.79. The number of imide groups is 1. The Morgan fingerprint density at radius 3 is 2.50 bits per heavy atom. The molecule has 2 bridgehead atoms. The highest BCUT2D eigenvalue weighted by molar-refractivity contribution is 5.88. The smallest absolute Gasteiger partial charge is 0.416 e. The molecule has 2 amide bonds. The summed E-state index contributed by atoms with van der Waals surface area (Å²) in [5.41, 5.74) is -1.65. The fraction of sp³-hybridized carbons (Fsp3) is 0.783. The second kappa shape index (κ2) is 7.66. The van der Waals surface area contributed by atoms with Gasteiger partial charge in [0.25, 0.3) is 0 Å². The van der Waals surface area contributed by atoms with Crippen molar-refractivity contribution in [2.75, 3.05) is 7.11 Å². The lowest BCUT2D eigenvalue weighted by atomic mass is 9.44. The number of hydrogen-bond acceptors (Lipinski definition) is 6. The Bertz CT molecular complexity index is 752. The Morgan fingerprint density at radius 2 is 1.90 bits per heavy atom. The van der Waals surface area contributed by atoms with Gasteiger partial charge in [0, 0.05) is 23.2 Å². The number of alkyl carbamates (subject to hydrolysis) is 2. The van der Waals surface area contributed by atoms with Crippen LogP contribution in [0, 0.1) is 34.0 Å². The maximum absolute atomic E-state index is 13.2. The lowest BCUT2D eigenvalue weighted by molar-refractivity contribution is -0.191. The van der Waals surface area contributed by atoms with Gasteiger partial charge in [-0.3, -0.25) is 4.79 Å². The van der Waals surface area contributed by atoms with Gasteiger partial charge in [-0.15, -0.1) is 6.58 Å². The average molecular weight is 422 g/mol. The van der Waals surface area contributed by atoms with Gasteiger partial charge in [-0.05, 0) is 42.9 Å². The SMILES string of the molecule is C=C[C@]1(C)C[C@@H](OC(=O)NC(=O)OC)[C@@]2(C)C(C)CC[C@]3(CCC(=O)[C@H]32)[C@@H](C)[C@@H]1O. The molecule has 30 heavy (non-hydrogen) atoms. The van der Waals surface area contributed by atoms with Crippen LogP contribution < -0.4 is 5.32 Å². The molecule has 0 spiro atoms. The quantitative estimate of drug-likeness (QED) is 0.657. The van der Waals surface area contributed by atoms with Crippen molar-refractivity contribution >= 4 is 18.0 Å². The van der Waals surface area contributed by atoms with E-state index in [0.29, 0.717) is 12.8 Å². The number of amides is 2. The van der Waals surface area contributed by atoms with Crippen molar-refractivity contribution in [2.45, 2.75) is 72.0 Å². The molecule has 0 saturated heterocycles. The monoisotopic (exact) mass is 421 g/mol. The number of methoxy groups -OCH3 is 1. The summed E-state index contributed by atoms with van der Waals surface area (Å²) in [5.74, 6) is -0.0743. The molecule has 3 aliphatic rings. The highest BCUT2D eigenvalue weighted by Crippen LogP contribution is 2.67. The minimum absolute atomic E-state index is 0.0892. The predicted molar refractivity (Wildman–Crippen MR) is 111 cm³/mol. The van der Waals surface area contributed by atoms with E-state index in [9.17, 15) is 19.5 Å². The number of aliphatic hydroxyl groups excluding tert-OH is 1. The zero-order chi connectivity index (χ0) is 22.5. The summed E-state index contributed by atoms with van der Waals surface area (Å²) in [4.78, 5) is 37.3. The number of hydrogen-bond donors (Lipinski definition) is 2. The van der Waals surface area contributed by atoms with Crippen LogP contribution in [0.5, 0.6) is 0 Å². The molecule has 1 unspecified atom stereocenters. The van der Waals surface area contributed by atoms with Crippen molar-refractivity contribution in [3.8, 4) is 0 Å². The van der Waals surface area contributed by atoms with Crippen molar-refractivity contribution in [1.29, 1.82) is 0 Å². The minimum Gasteiger partial charge on any atom is -0.453 e. The zero-order valence-corrected chi connectivity index (χ0v) is 18.7. The molecule has 3 fully saturated rings. The summed E-state index contributed by atoms with van der Waals surface area (Å²) in [6, 6.07) is 0. The summed E-state index contributed by atoms with van der Waals surface area (Å²) in [6.45, 7) is 12.1. The van der Waals surface area contributed by atoms with Gasteiger partial charge in [-0.2, -0.15) is 0 Å². The lowest BCUT2D eigenvalue weighted by Gasteiger charge is -2.61. The molecule has 7 heteroatoms. The number of Topliss-reactive ketones (excluding diaryl/α,β-unsaturated/α-hetero) is 1. The predicted octanol–water partition coefficient (Wildman–Crippen LogP) is 3.84. The van der Waals surface area contributed by atoms with Crippen molar-refractivity contribution in [2.24, 2.45) is 34.0 Å². The van der Waals surface area contributed by atoms with Crippen LogP contribution in [0.25, 0.3) is 0 Å². The molecule has 3 saturated carbocycles. The summed E-state index contributed by atoms with van der Waals surface area (Å²) in [7, 11) is 1.17. The van der Waals surface area contributed by atoms with Crippen molar-refractivity contribution in [1.82, 2.24) is 5.32 Å².